The second-order valence-corrected chi connectivity index (χ2v) is 4.42. The first-order valence-corrected chi connectivity index (χ1v) is 5.71. The van der Waals surface area contributed by atoms with E-state index < -0.39 is 6.04 Å². The second-order valence-electron chi connectivity index (χ2n) is 4.03. The molecule has 0 bridgehead atoms. The number of anilines is 1. The van der Waals surface area contributed by atoms with Crippen molar-refractivity contribution in [1.82, 2.24) is 24.5 Å². The normalized spacial score (nSPS) is 12.4. The van der Waals surface area contributed by atoms with Crippen molar-refractivity contribution in [2.24, 2.45) is 0 Å². The number of hydrogen-bond acceptors (Lipinski definition) is 5. The molecule has 7 nitrogen and oxygen atoms in total. The zero-order valence-corrected chi connectivity index (χ0v) is 11.0. The topological polar surface area (TPSA) is 75.4 Å². The molecular formula is C10H13ClN6O. The fourth-order valence-corrected chi connectivity index (χ4v) is 1.74. The molecule has 0 spiro atoms. The van der Waals surface area contributed by atoms with E-state index in [9.17, 15) is 4.79 Å². The highest BCUT2D eigenvalue weighted by Crippen LogP contribution is 2.15. The average molecular weight is 269 g/mol. The molecule has 0 aliphatic carbocycles. The summed E-state index contributed by atoms with van der Waals surface area (Å²) in [6, 6.07) is 1.20. The summed E-state index contributed by atoms with van der Waals surface area (Å²) in [4.78, 5) is 21.2. The van der Waals surface area contributed by atoms with Crippen LogP contribution in [-0.4, -0.2) is 50.5 Å². The number of hydrogen-bond donors (Lipinski definition) is 1. The number of amides is 1. The van der Waals surface area contributed by atoms with Gasteiger partial charge >= 0.3 is 0 Å². The lowest BCUT2D eigenvalue weighted by Crippen LogP contribution is -2.37. The minimum atomic E-state index is -0.397. The number of halogens is 1. The maximum Gasteiger partial charge on any atom is 0.255 e. The molecule has 0 aliphatic rings. The van der Waals surface area contributed by atoms with E-state index in [0.717, 1.165) is 0 Å². The number of rotatable bonds is 3. The summed E-state index contributed by atoms with van der Waals surface area (Å²) >= 11 is 5.88. The van der Waals surface area contributed by atoms with Crippen LogP contribution in [0.2, 0.25) is 5.15 Å². The first-order valence-electron chi connectivity index (χ1n) is 5.33. The van der Waals surface area contributed by atoms with Gasteiger partial charge < -0.3 is 10.2 Å². The molecule has 2 rings (SSSR count). The summed E-state index contributed by atoms with van der Waals surface area (Å²) in [5, 5.41) is 7.35. The van der Waals surface area contributed by atoms with Crippen molar-refractivity contribution >= 4 is 29.1 Å². The Morgan fingerprint density at radius 2 is 2.28 bits per heavy atom. The highest BCUT2D eigenvalue weighted by molar-refractivity contribution is 6.29. The van der Waals surface area contributed by atoms with Gasteiger partial charge in [0.2, 0.25) is 5.91 Å². The smallest absolute Gasteiger partial charge is 0.255 e. The van der Waals surface area contributed by atoms with Crippen LogP contribution in [0.25, 0.3) is 5.78 Å². The number of aromatic nitrogens is 4. The standard InChI is InChI=1S/C10H13ClN6O/c1-6(9(18)16(2)3)14-8-4-7(11)15-10-12-5-13-17(8)10/h4-6,14H,1-3H3. The van der Waals surface area contributed by atoms with Gasteiger partial charge in [0.25, 0.3) is 5.78 Å². The summed E-state index contributed by atoms with van der Waals surface area (Å²) in [5.74, 6) is 0.913. The van der Waals surface area contributed by atoms with E-state index in [0.29, 0.717) is 16.7 Å². The maximum atomic E-state index is 11.8. The van der Waals surface area contributed by atoms with Crippen molar-refractivity contribution in [3.05, 3.63) is 17.5 Å². The van der Waals surface area contributed by atoms with Crippen LogP contribution in [0.15, 0.2) is 12.4 Å². The van der Waals surface area contributed by atoms with Crippen molar-refractivity contribution in [2.75, 3.05) is 19.4 Å². The van der Waals surface area contributed by atoms with E-state index in [1.165, 1.54) is 15.7 Å². The van der Waals surface area contributed by atoms with E-state index in [-0.39, 0.29) is 5.91 Å². The number of carbonyl (C=O) groups excluding carboxylic acids is 1. The molecule has 0 saturated carbocycles. The van der Waals surface area contributed by atoms with Crippen LogP contribution in [0, 0.1) is 0 Å². The molecule has 2 heterocycles. The largest absolute Gasteiger partial charge is 0.358 e. The van der Waals surface area contributed by atoms with E-state index >= 15 is 0 Å². The van der Waals surface area contributed by atoms with Gasteiger partial charge in [-0.05, 0) is 6.92 Å². The Kier molecular flexibility index (Phi) is 3.33. The molecule has 0 aliphatic heterocycles. The van der Waals surface area contributed by atoms with Gasteiger partial charge in [0.15, 0.2) is 0 Å². The van der Waals surface area contributed by atoms with Crippen LogP contribution in [0.1, 0.15) is 6.92 Å². The van der Waals surface area contributed by atoms with Gasteiger partial charge in [-0.25, -0.2) is 0 Å². The molecule has 18 heavy (non-hydrogen) atoms. The summed E-state index contributed by atoms with van der Waals surface area (Å²) in [7, 11) is 3.40. The zero-order valence-electron chi connectivity index (χ0n) is 10.3. The minimum Gasteiger partial charge on any atom is -0.358 e. The molecule has 96 valence electrons. The lowest BCUT2D eigenvalue weighted by Gasteiger charge is -2.19. The van der Waals surface area contributed by atoms with Gasteiger partial charge in [-0.15, -0.1) is 0 Å². The van der Waals surface area contributed by atoms with E-state index in [2.05, 4.69) is 20.4 Å². The molecule has 0 fully saturated rings. The highest BCUT2D eigenvalue weighted by atomic mass is 35.5. The van der Waals surface area contributed by atoms with Crippen molar-refractivity contribution in [1.29, 1.82) is 0 Å². The Morgan fingerprint density at radius 3 is 2.94 bits per heavy atom. The van der Waals surface area contributed by atoms with Crippen LogP contribution in [0.5, 0.6) is 0 Å². The van der Waals surface area contributed by atoms with Crippen LogP contribution >= 0.6 is 11.6 Å². The van der Waals surface area contributed by atoms with Gasteiger partial charge in [0.1, 0.15) is 23.3 Å². The third-order valence-electron chi connectivity index (χ3n) is 2.40. The van der Waals surface area contributed by atoms with Crippen LogP contribution in [0.3, 0.4) is 0 Å². The average Bonchev–Trinajstić information content (AvgIpc) is 2.75. The van der Waals surface area contributed by atoms with Crippen molar-refractivity contribution in [3.63, 3.8) is 0 Å². The molecular weight excluding hydrogens is 256 g/mol. The Labute approximate surface area is 109 Å². The molecule has 8 heteroatoms. The lowest BCUT2D eigenvalue weighted by molar-refractivity contribution is -0.129. The van der Waals surface area contributed by atoms with E-state index in [1.807, 2.05) is 0 Å². The fourth-order valence-electron chi connectivity index (χ4n) is 1.56. The molecule has 1 N–H and O–H groups in total. The van der Waals surface area contributed by atoms with Crippen LogP contribution in [0.4, 0.5) is 5.82 Å². The maximum absolute atomic E-state index is 11.8. The molecule has 1 amide bonds. The number of nitrogens with one attached hydrogen (secondary N) is 1. The fraction of sp³-hybridized carbons (Fsp3) is 0.400. The zero-order chi connectivity index (χ0) is 13.3. The van der Waals surface area contributed by atoms with Gasteiger partial charge in [0, 0.05) is 20.2 Å². The number of nitrogens with zero attached hydrogens (tertiary/aromatic N) is 5. The van der Waals surface area contributed by atoms with Gasteiger partial charge in [-0.2, -0.15) is 19.6 Å². The third kappa shape index (κ3) is 2.35. The first kappa shape index (κ1) is 12.6. The predicted molar refractivity (Wildman–Crippen MR) is 67.6 cm³/mol. The summed E-state index contributed by atoms with van der Waals surface area (Å²) in [6.45, 7) is 1.76. The quantitative estimate of drug-likeness (QED) is 0.828. The molecule has 1 atom stereocenters. The van der Waals surface area contributed by atoms with Crippen LogP contribution in [-0.2, 0) is 4.79 Å². The van der Waals surface area contributed by atoms with Gasteiger partial charge in [-0.3, -0.25) is 4.79 Å². The van der Waals surface area contributed by atoms with E-state index in [4.69, 9.17) is 11.6 Å². The minimum absolute atomic E-state index is 0.0452. The van der Waals surface area contributed by atoms with Crippen molar-refractivity contribution in [3.8, 4) is 0 Å². The monoisotopic (exact) mass is 268 g/mol. The number of fused-ring (bicyclic) bond motifs is 1. The molecule has 0 radical (unpaired) electrons. The number of carbonyl (C=O) groups is 1. The van der Waals surface area contributed by atoms with Crippen LogP contribution < -0.4 is 5.32 Å². The Bertz CT molecular complexity index is 581. The van der Waals surface area contributed by atoms with E-state index in [1.54, 1.807) is 27.1 Å². The van der Waals surface area contributed by atoms with Gasteiger partial charge in [-0.1, -0.05) is 11.6 Å². The molecule has 0 aromatic carbocycles. The number of likely N-dealkylation sites (N-methyl/N-ethyl adjacent to an activating group) is 1. The van der Waals surface area contributed by atoms with Crippen molar-refractivity contribution in [2.45, 2.75) is 13.0 Å². The Balaban J connectivity index is 2.31. The van der Waals surface area contributed by atoms with Gasteiger partial charge in [0.05, 0.1) is 0 Å². The molecule has 2 aromatic heterocycles. The predicted octanol–water partition coefficient (Wildman–Crippen LogP) is 0.666. The SMILES string of the molecule is CC(Nc1cc(Cl)nc2ncnn12)C(=O)N(C)C. The summed E-state index contributed by atoms with van der Waals surface area (Å²) in [6.07, 6.45) is 1.38. The third-order valence-corrected chi connectivity index (χ3v) is 2.59. The van der Waals surface area contributed by atoms with Crippen molar-refractivity contribution < 1.29 is 4.79 Å². The summed E-state index contributed by atoms with van der Waals surface area (Å²) < 4.78 is 1.49. The molecule has 0 saturated heterocycles. The molecule has 2 aromatic rings. The second kappa shape index (κ2) is 4.77. The highest BCUT2D eigenvalue weighted by Gasteiger charge is 2.16. The Morgan fingerprint density at radius 1 is 1.56 bits per heavy atom. The Hall–Kier alpha value is -1.89. The first-order chi connectivity index (χ1) is 8.49. The molecule has 1 unspecified atom stereocenters. The summed E-state index contributed by atoms with van der Waals surface area (Å²) in [5.41, 5.74) is 0. The lowest BCUT2D eigenvalue weighted by atomic mass is 10.3.